The maximum absolute atomic E-state index is 11.8. The average molecular weight is 270 g/mol. The van der Waals surface area contributed by atoms with Gasteiger partial charge in [-0.15, -0.1) is 11.6 Å². The quantitative estimate of drug-likeness (QED) is 0.736. The highest BCUT2D eigenvalue weighted by molar-refractivity contribution is 6.17. The summed E-state index contributed by atoms with van der Waals surface area (Å²) in [5, 5.41) is 2.94. The molecule has 1 unspecified atom stereocenters. The molecule has 0 bridgehead atoms. The largest absolute Gasteiger partial charge is 0.383 e. The number of amides is 1. The summed E-state index contributed by atoms with van der Waals surface area (Å²) in [5.74, 6) is 0.568. The first kappa shape index (κ1) is 15.0. The fourth-order valence-corrected chi connectivity index (χ4v) is 2.00. The van der Waals surface area contributed by atoms with E-state index in [1.54, 1.807) is 7.11 Å². The molecular formula is C14H20ClNO2. The number of carbonyl (C=O) groups excluding carboxylic acids is 1. The van der Waals surface area contributed by atoms with Crippen LogP contribution in [0.15, 0.2) is 30.3 Å². The number of ether oxygens (including phenoxy) is 1. The normalized spacial score (nSPS) is 12.1. The van der Waals surface area contributed by atoms with Gasteiger partial charge in [-0.2, -0.15) is 0 Å². The molecule has 0 aliphatic heterocycles. The number of hydrogen-bond donors (Lipinski definition) is 1. The molecule has 1 rings (SSSR count). The van der Waals surface area contributed by atoms with E-state index in [2.05, 4.69) is 5.32 Å². The summed E-state index contributed by atoms with van der Waals surface area (Å²) in [6, 6.07) is 10.00. The Kier molecular flexibility index (Phi) is 7.46. The van der Waals surface area contributed by atoms with Crippen LogP contribution in [0.4, 0.5) is 0 Å². The van der Waals surface area contributed by atoms with Gasteiger partial charge in [0.15, 0.2) is 0 Å². The Morgan fingerprint density at radius 1 is 1.39 bits per heavy atom. The van der Waals surface area contributed by atoms with Gasteiger partial charge in [0.1, 0.15) is 0 Å². The van der Waals surface area contributed by atoms with Crippen molar-refractivity contribution in [1.29, 1.82) is 0 Å². The number of nitrogens with one attached hydrogen (secondary N) is 1. The van der Waals surface area contributed by atoms with Gasteiger partial charge in [0.05, 0.1) is 12.6 Å². The Labute approximate surface area is 113 Å². The third kappa shape index (κ3) is 6.03. The molecule has 1 aromatic carbocycles. The number of methoxy groups -OCH3 is 1. The van der Waals surface area contributed by atoms with Crippen LogP contribution in [-0.4, -0.2) is 31.5 Å². The van der Waals surface area contributed by atoms with Crippen molar-refractivity contribution in [2.75, 3.05) is 19.6 Å². The van der Waals surface area contributed by atoms with Crippen LogP contribution >= 0.6 is 11.6 Å². The zero-order valence-corrected chi connectivity index (χ0v) is 11.5. The highest BCUT2D eigenvalue weighted by Gasteiger charge is 2.11. The van der Waals surface area contributed by atoms with Crippen LogP contribution in [0.3, 0.4) is 0 Å². The third-order valence-corrected chi connectivity index (χ3v) is 2.89. The van der Waals surface area contributed by atoms with E-state index in [0.717, 1.165) is 12.8 Å². The number of aryl methyl sites for hydroxylation is 1. The smallest absolute Gasteiger partial charge is 0.220 e. The maximum atomic E-state index is 11.8. The summed E-state index contributed by atoms with van der Waals surface area (Å²) in [6.45, 7) is 0.504. The molecule has 0 fully saturated rings. The number of halogens is 1. The summed E-state index contributed by atoms with van der Waals surface area (Å²) in [4.78, 5) is 11.8. The molecular weight excluding hydrogens is 250 g/mol. The van der Waals surface area contributed by atoms with E-state index >= 15 is 0 Å². The van der Waals surface area contributed by atoms with E-state index in [1.165, 1.54) is 5.56 Å². The predicted octanol–water partition coefficient (Wildman–Crippen LogP) is 2.38. The second-order valence-corrected chi connectivity index (χ2v) is 4.56. The van der Waals surface area contributed by atoms with E-state index < -0.39 is 0 Å². The molecule has 4 heteroatoms. The molecule has 0 spiro atoms. The van der Waals surface area contributed by atoms with Crippen molar-refractivity contribution < 1.29 is 9.53 Å². The molecule has 0 heterocycles. The van der Waals surface area contributed by atoms with Gasteiger partial charge in [0.2, 0.25) is 5.91 Å². The van der Waals surface area contributed by atoms with Crippen molar-refractivity contribution in [1.82, 2.24) is 5.32 Å². The number of alkyl halides is 1. The van der Waals surface area contributed by atoms with Crippen LogP contribution in [0.1, 0.15) is 18.4 Å². The van der Waals surface area contributed by atoms with E-state index in [9.17, 15) is 4.79 Å². The van der Waals surface area contributed by atoms with Crippen LogP contribution in [-0.2, 0) is 16.0 Å². The molecule has 18 heavy (non-hydrogen) atoms. The van der Waals surface area contributed by atoms with Crippen molar-refractivity contribution >= 4 is 17.5 Å². The molecule has 3 nitrogen and oxygen atoms in total. The summed E-state index contributed by atoms with van der Waals surface area (Å²) < 4.78 is 5.05. The fourth-order valence-electron chi connectivity index (χ4n) is 1.73. The van der Waals surface area contributed by atoms with Crippen LogP contribution < -0.4 is 5.32 Å². The molecule has 0 aliphatic rings. The van der Waals surface area contributed by atoms with Crippen LogP contribution in [0.25, 0.3) is 0 Å². The number of rotatable bonds is 8. The summed E-state index contributed by atoms with van der Waals surface area (Å²) in [5.41, 5.74) is 1.17. The summed E-state index contributed by atoms with van der Waals surface area (Å²) in [7, 11) is 1.62. The van der Waals surface area contributed by atoms with Crippen LogP contribution in [0.2, 0.25) is 0 Å². The lowest BCUT2D eigenvalue weighted by Gasteiger charge is -2.16. The van der Waals surface area contributed by atoms with Crippen molar-refractivity contribution in [3.05, 3.63) is 35.9 Å². The first-order chi connectivity index (χ1) is 8.76. The lowest BCUT2D eigenvalue weighted by Crippen LogP contribution is -2.38. The fraction of sp³-hybridized carbons (Fsp3) is 0.500. The van der Waals surface area contributed by atoms with Crippen molar-refractivity contribution in [3.63, 3.8) is 0 Å². The Balaban J connectivity index is 2.31. The molecule has 1 N–H and O–H groups in total. The highest BCUT2D eigenvalue weighted by atomic mass is 35.5. The van der Waals surface area contributed by atoms with Gasteiger partial charge in [-0.05, 0) is 18.4 Å². The molecule has 0 radical (unpaired) electrons. The van der Waals surface area contributed by atoms with Crippen LogP contribution in [0, 0.1) is 0 Å². The SMILES string of the molecule is COCC(CCCl)NC(=O)CCc1ccccc1. The minimum absolute atomic E-state index is 0.00998. The minimum Gasteiger partial charge on any atom is -0.383 e. The lowest BCUT2D eigenvalue weighted by molar-refractivity contribution is -0.122. The van der Waals surface area contributed by atoms with Gasteiger partial charge in [-0.25, -0.2) is 0 Å². The predicted molar refractivity (Wildman–Crippen MR) is 73.9 cm³/mol. The topological polar surface area (TPSA) is 38.3 Å². The van der Waals surface area contributed by atoms with Gasteiger partial charge in [0.25, 0.3) is 0 Å². The van der Waals surface area contributed by atoms with Gasteiger partial charge >= 0.3 is 0 Å². The van der Waals surface area contributed by atoms with Gasteiger partial charge in [-0.1, -0.05) is 30.3 Å². The Hall–Kier alpha value is -1.06. The maximum Gasteiger partial charge on any atom is 0.220 e. The number of hydrogen-bond acceptors (Lipinski definition) is 2. The van der Waals surface area contributed by atoms with Crippen LogP contribution in [0.5, 0.6) is 0 Å². The average Bonchev–Trinajstić information content (AvgIpc) is 2.38. The monoisotopic (exact) mass is 269 g/mol. The molecule has 100 valence electrons. The molecule has 0 saturated carbocycles. The van der Waals surface area contributed by atoms with E-state index in [0.29, 0.717) is 18.9 Å². The minimum atomic E-state index is 0.00998. The zero-order valence-electron chi connectivity index (χ0n) is 10.7. The standard InChI is InChI=1S/C14H20ClNO2/c1-18-11-13(9-10-15)16-14(17)8-7-12-5-3-2-4-6-12/h2-6,13H,7-11H2,1H3,(H,16,17). The number of carbonyl (C=O) groups is 1. The Bertz CT molecular complexity index is 337. The summed E-state index contributed by atoms with van der Waals surface area (Å²) in [6.07, 6.45) is 1.98. The van der Waals surface area contributed by atoms with E-state index in [1.807, 2.05) is 30.3 Å². The van der Waals surface area contributed by atoms with E-state index in [-0.39, 0.29) is 11.9 Å². The molecule has 0 aliphatic carbocycles. The highest BCUT2D eigenvalue weighted by Crippen LogP contribution is 2.03. The van der Waals surface area contributed by atoms with Gasteiger partial charge in [0, 0.05) is 19.4 Å². The third-order valence-electron chi connectivity index (χ3n) is 2.67. The first-order valence-electron chi connectivity index (χ1n) is 6.14. The van der Waals surface area contributed by atoms with E-state index in [4.69, 9.17) is 16.3 Å². The zero-order chi connectivity index (χ0) is 13.2. The van der Waals surface area contributed by atoms with Gasteiger partial charge < -0.3 is 10.1 Å². The second-order valence-electron chi connectivity index (χ2n) is 4.18. The lowest BCUT2D eigenvalue weighted by atomic mass is 10.1. The van der Waals surface area contributed by atoms with Crippen molar-refractivity contribution in [2.45, 2.75) is 25.3 Å². The Morgan fingerprint density at radius 2 is 2.11 bits per heavy atom. The second kappa shape index (κ2) is 8.95. The van der Waals surface area contributed by atoms with Crippen molar-refractivity contribution in [2.24, 2.45) is 0 Å². The molecule has 1 atom stereocenters. The summed E-state index contributed by atoms with van der Waals surface area (Å²) >= 11 is 5.68. The van der Waals surface area contributed by atoms with Gasteiger partial charge in [-0.3, -0.25) is 4.79 Å². The molecule has 0 saturated heterocycles. The molecule has 1 aromatic rings. The first-order valence-corrected chi connectivity index (χ1v) is 6.68. The number of benzene rings is 1. The molecule has 0 aromatic heterocycles. The Morgan fingerprint density at radius 3 is 2.72 bits per heavy atom. The molecule has 1 amide bonds. The van der Waals surface area contributed by atoms with Crippen molar-refractivity contribution in [3.8, 4) is 0 Å².